The molecule has 9 heteroatoms. The molecule has 8 nitrogen and oxygen atoms in total. The molecule has 3 rings (SSSR count). The number of nitrogens with one attached hydrogen (secondary N) is 2. The molecular formula is C17H18N2O6S. The molecule has 0 aliphatic carbocycles. The van der Waals surface area contributed by atoms with E-state index >= 15 is 0 Å². The van der Waals surface area contributed by atoms with Gasteiger partial charge >= 0.3 is 0 Å². The molecule has 2 aromatic rings. The molecule has 1 heterocycles. The Morgan fingerprint density at radius 3 is 2.58 bits per heavy atom. The molecule has 0 saturated heterocycles. The second kappa shape index (κ2) is 7.63. The number of amides is 1. The SMILES string of the molecule is CCOc1ccc(NC(=O)CNS(=O)(=O)c2ccc3c(c2)OCO3)cc1. The third-order valence-electron chi connectivity index (χ3n) is 3.53. The van der Waals surface area contributed by atoms with Crippen molar-refractivity contribution < 1.29 is 27.4 Å². The van der Waals surface area contributed by atoms with Crippen molar-refractivity contribution in [2.75, 3.05) is 25.3 Å². The summed E-state index contributed by atoms with van der Waals surface area (Å²) in [6.45, 7) is 2.08. The fraction of sp³-hybridized carbons (Fsp3) is 0.235. The van der Waals surface area contributed by atoms with Gasteiger partial charge in [-0.2, -0.15) is 0 Å². The first-order valence-electron chi connectivity index (χ1n) is 7.90. The zero-order valence-electron chi connectivity index (χ0n) is 14.0. The number of benzene rings is 2. The maximum Gasteiger partial charge on any atom is 0.241 e. The maximum atomic E-state index is 12.3. The van der Waals surface area contributed by atoms with Crippen LogP contribution in [0.3, 0.4) is 0 Å². The van der Waals surface area contributed by atoms with E-state index in [9.17, 15) is 13.2 Å². The van der Waals surface area contributed by atoms with Crippen LogP contribution in [0.1, 0.15) is 6.92 Å². The third kappa shape index (κ3) is 4.24. The van der Waals surface area contributed by atoms with E-state index in [-0.39, 0.29) is 11.7 Å². The lowest BCUT2D eigenvalue weighted by Gasteiger charge is -2.09. The fourth-order valence-corrected chi connectivity index (χ4v) is 3.29. The standard InChI is InChI=1S/C17H18N2O6S/c1-2-23-13-5-3-12(4-6-13)19-17(20)10-18-26(21,22)14-7-8-15-16(9-14)25-11-24-15/h3-9,18H,2,10-11H2,1H3,(H,19,20). The molecule has 0 spiro atoms. The lowest BCUT2D eigenvalue weighted by atomic mass is 10.3. The lowest BCUT2D eigenvalue weighted by Crippen LogP contribution is -2.32. The van der Waals surface area contributed by atoms with E-state index in [0.717, 1.165) is 0 Å². The van der Waals surface area contributed by atoms with Crippen molar-refractivity contribution in [1.29, 1.82) is 0 Å². The number of sulfonamides is 1. The monoisotopic (exact) mass is 378 g/mol. The Morgan fingerprint density at radius 2 is 1.85 bits per heavy atom. The fourth-order valence-electron chi connectivity index (χ4n) is 2.29. The molecule has 0 aromatic heterocycles. The van der Waals surface area contributed by atoms with Gasteiger partial charge in [-0.15, -0.1) is 0 Å². The summed E-state index contributed by atoms with van der Waals surface area (Å²) in [5.41, 5.74) is 0.542. The minimum Gasteiger partial charge on any atom is -0.494 e. The Bertz CT molecular complexity index is 896. The minimum atomic E-state index is -3.85. The number of anilines is 1. The van der Waals surface area contributed by atoms with Crippen LogP contribution in [0.2, 0.25) is 0 Å². The Morgan fingerprint density at radius 1 is 1.12 bits per heavy atom. The number of hydrogen-bond donors (Lipinski definition) is 2. The number of carbonyl (C=O) groups excluding carboxylic acids is 1. The number of fused-ring (bicyclic) bond motifs is 1. The van der Waals surface area contributed by atoms with E-state index in [0.29, 0.717) is 29.5 Å². The van der Waals surface area contributed by atoms with Crippen molar-refractivity contribution in [1.82, 2.24) is 4.72 Å². The van der Waals surface area contributed by atoms with Crippen LogP contribution in [-0.4, -0.2) is 34.3 Å². The molecule has 0 saturated carbocycles. The van der Waals surface area contributed by atoms with Crippen LogP contribution >= 0.6 is 0 Å². The number of carbonyl (C=O) groups is 1. The van der Waals surface area contributed by atoms with Gasteiger partial charge in [0.1, 0.15) is 5.75 Å². The molecule has 1 aliphatic heterocycles. The summed E-state index contributed by atoms with van der Waals surface area (Å²) in [7, 11) is -3.85. The van der Waals surface area contributed by atoms with Gasteiger partial charge in [0.2, 0.25) is 22.7 Å². The highest BCUT2D eigenvalue weighted by Crippen LogP contribution is 2.33. The molecule has 26 heavy (non-hydrogen) atoms. The molecule has 0 fully saturated rings. The van der Waals surface area contributed by atoms with Gasteiger partial charge in [0.05, 0.1) is 18.0 Å². The van der Waals surface area contributed by atoms with Gasteiger partial charge in [0.15, 0.2) is 11.5 Å². The highest BCUT2D eigenvalue weighted by Gasteiger charge is 2.20. The largest absolute Gasteiger partial charge is 0.494 e. The summed E-state index contributed by atoms with van der Waals surface area (Å²) in [5.74, 6) is 1.04. The second-order valence-corrected chi connectivity index (χ2v) is 7.11. The van der Waals surface area contributed by atoms with Crippen LogP contribution in [0.5, 0.6) is 17.2 Å². The van der Waals surface area contributed by atoms with Crippen LogP contribution in [0.4, 0.5) is 5.69 Å². The maximum absolute atomic E-state index is 12.3. The predicted molar refractivity (Wildman–Crippen MR) is 94.0 cm³/mol. The van der Waals surface area contributed by atoms with Crippen LogP contribution < -0.4 is 24.2 Å². The molecule has 0 bridgehead atoms. The van der Waals surface area contributed by atoms with Crippen LogP contribution in [0, 0.1) is 0 Å². The number of ether oxygens (including phenoxy) is 3. The first-order valence-corrected chi connectivity index (χ1v) is 9.38. The average Bonchev–Trinajstić information content (AvgIpc) is 3.10. The highest BCUT2D eigenvalue weighted by molar-refractivity contribution is 7.89. The minimum absolute atomic E-state index is 0.00406. The molecule has 1 amide bonds. The Kier molecular flexibility index (Phi) is 5.29. The molecular weight excluding hydrogens is 360 g/mol. The van der Waals surface area contributed by atoms with E-state index in [4.69, 9.17) is 14.2 Å². The van der Waals surface area contributed by atoms with E-state index in [2.05, 4.69) is 10.0 Å². The molecule has 138 valence electrons. The van der Waals surface area contributed by atoms with Gasteiger partial charge in [-0.25, -0.2) is 13.1 Å². The molecule has 0 atom stereocenters. The van der Waals surface area contributed by atoms with Gasteiger partial charge in [-0.05, 0) is 43.3 Å². The summed E-state index contributed by atoms with van der Waals surface area (Å²) in [6.07, 6.45) is 0. The number of hydrogen-bond acceptors (Lipinski definition) is 6. The van der Waals surface area contributed by atoms with Gasteiger partial charge in [-0.1, -0.05) is 0 Å². The van der Waals surface area contributed by atoms with Crippen molar-refractivity contribution in [3.05, 3.63) is 42.5 Å². The second-order valence-electron chi connectivity index (χ2n) is 5.35. The normalized spacial score (nSPS) is 12.7. The predicted octanol–water partition coefficient (Wildman–Crippen LogP) is 1.73. The quantitative estimate of drug-likeness (QED) is 0.761. The van der Waals surface area contributed by atoms with Crippen LogP contribution in [0.25, 0.3) is 0 Å². The average molecular weight is 378 g/mol. The van der Waals surface area contributed by atoms with Gasteiger partial charge in [0.25, 0.3) is 0 Å². The van der Waals surface area contributed by atoms with E-state index in [1.54, 1.807) is 24.3 Å². The first-order chi connectivity index (χ1) is 12.5. The van der Waals surface area contributed by atoms with Gasteiger partial charge in [0, 0.05) is 11.8 Å². The van der Waals surface area contributed by atoms with Crippen molar-refractivity contribution >= 4 is 21.6 Å². The van der Waals surface area contributed by atoms with Crippen molar-refractivity contribution in [3.63, 3.8) is 0 Å². The van der Waals surface area contributed by atoms with Gasteiger partial charge in [-0.3, -0.25) is 4.79 Å². The Balaban J connectivity index is 1.58. The number of rotatable bonds is 7. The molecule has 0 unspecified atom stereocenters. The molecule has 2 N–H and O–H groups in total. The zero-order valence-corrected chi connectivity index (χ0v) is 14.8. The smallest absolute Gasteiger partial charge is 0.241 e. The zero-order chi connectivity index (χ0) is 18.6. The van der Waals surface area contributed by atoms with Crippen molar-refractivity contribution in [2.24, 2.45) is 0 Å². The van der Waals surface area contributed by atoms with Crippen molar-refractivity contribution in [2.45, 2.75) is 11.8 Å². The summed E-state index contributed by atoms with van der Waals surface area (Å²) in [6, 6.07) is 11.0. The van der Waals surface area contributed by atoms with E-state index in [1.807, 2.05) is 6.92 Å². The molecule has 2 aromatic carbocycles. The van der Waals surface area contributed by atoms with Gasteiger partial charge < -0.3 is 19.5 Å². The lowest BCUT2D eigenvalue weighted by molar-refractivity contribution is -0.115. The molecule has 0 radical (unpaired) electrons. The first kappa shape index (κ1) is 18.0. The summed E-state index contributed by atoms with van der Waals surface area (Å²) in [5, 5.41) is 2.61. The van der Waals surface area contributed by atoms with E-state index < -0.39 is 22.5 Å². The topological polar surface area (TPSA) is 103 Å². The van der Waals surface area contributed by atoms with Crippen molar-refractivity contribution in [3.8, 4) is 17.2 Å². The summed E-state index contributed by atoms with van der Waals surface area (Å²) < 4.78 is 42.5. The summed E-state index contributed by atoms with van der Waals surface area (Å²) >= 11 is 0. The highest BCUT2D eigenvalue weighted by atomic mass is 32.2. The Hall–Kier alpha value is -2.78. The third-order valence-corrected chi connectivity index (χ3v) is 4.93. The Labute approximate surface area is 151 Å². The molecule has 1 aliphatic rings. The van der Waals surface area contributed by atoms with Crippen LogP contribution in [-0.2, 0) is 14.8 Å². The van der Waals surface area contributed by atoms with E-state index in [1.165, 1.54) is 18.2 Å². The summed E-state index contributed by atoms with van der Waals surface area (Å²) in [4.78, 5) is 12.0. The van der Waals surface area contributed by atoms with Crippen LogP contribution in [0.15, 0.2) is 47.4 Å².